The summed E-state index contributed by atoms with van der Waals surface area (Å²) in [6.07, 6.45) is -5.20. The Balaban J connectivity index is 0. The van der Waals surface area contributed by atoms with E-state index < -0.39 is 63.5 Å². The van der Waals surface area contributed by atoms with Crippen molar-refractivity contribution in [2.75, 3.05) is 12.5 Å². The standard InChI is InChI=1S/C11H18N2O11P2.3Na/c1-5-2-13(11(17)12-9(5)16)10-8(15)7(14)6(24-10)3-23-26(21,22)4-25(18,19)20;;;/h2,6-8,10,14-15H,3-4H2,1H3,(H,21,22)(H,12,16,17)(H2,18,19,20);;;/q;3*+1/p-3/t6-,7-,8-,10-;;;/m1.../s1. The van der Waals surface area contributed by atoms with Gasteiger partial charge in [-0.1, -0.05) is 7.60 Å². The van der Waals surface area contributed by atoms with Crippen molar-refractivity contribution in [3.63, 3.8) is 0 Å². The van der Waals surface area contributed by atoms with Crippen molar-refractivity contribution < 1.29 is 132 Å². The maximum atomic E-state index is 11.8. The number of H-pyrrole nitrogens is 1. The van der Waals surface area contributed by atoms with E-state index >= 15 is 0 Å². The van der Waals surface area contributed by atoms with Gasteiger partial charge in [0.1, 0.15) is 25.9 Å². The number of rotatable bonds is 6. The Morgan fingerprint density at radius 1 is 1.17 bits per heavy atom. The van der Waals surface area contributed by atoms with Crippen LogP contribution in [0, 0.1) is 6.92 Å². The monoisotopic (exact) mass is 482 g/mol. The molecule has 1 unspecified atom stereocenters. The molecule has 0 aromatic carbocycles. The number of aryl methyl sites for hydroxylation is 1. The molecule has 1 aliphatic heterocycles. The minimum Gasteiger partial charge on any atom is -0.810 e. The molecule has 1 aliphatic rings. The molecule has 13 nitrogen and oxygen atoms in total. The number of aliphatic hydroxyl groups is 2. The molecule has 18 heteroatoms. The van der Waals surface area contributed by atoms with Gasteiger partial charge in [-0.3, -0.25) is 14.3 Å². The number of nitrogens with one attached hydrogen (secondary N) is 1. The Bertz CT molecular complexity index is 888. The number of aromatic amines is 1. The molecular weight excluding hydrogens is 467 g/mol. The maximum absolute atomic E-state index is 11.8. The second kappa shape index (κ2) is 12.9. The van der Waals surface area contributed by atoms with Gasteiger partial charge in [0.2, 0.25) is 0 Å². The predicted molar refractivity (Wildman–Crippen MR) is 78.0 cm³/mol. The average molecular weight is 482 g/mol. The van der Waals surface area contributed by atoms with Gasteiger partial charge in [-0.25, -0.2) is 4.79 Å². The number of hydrogen-bond acceptors (Lipinski definition) is 11. The fraction of sp³-hybridized carbons (Fsp3) is 0.636. The van der Waals surface area contributed by atoms with Crippen molar-refractivity contribution in [1.29, 1.82) is 0 Å². The third kappa shape index (κ3) is 9.32. The molecule has 0 amide bonds. The second-order valence-electron chi connectivity index (χ2n) is 5.68. The van der Waals surface area contributed by atoms with Crippen LogP contribution in [-0.2, 0) is 18.4 Å². The van der Waals surface area contributed by atoms with Gasteiger partial charge < -0.3 is 43.3 Å². The molecule has 1 aromatic rings. The van der Waals surface area contributed by atoms with Crippen LogP contribution in [0.1, 0.15) is 11.8 Å². The molecule has 0 aliphatic carbocycles. The molecular formula is C11H15N2Na3O11P2. The average Bonchev–Trinajstić information content (AvgIpc) is 2.75. The van der Waals surface area contributed by atoms with Crippen LogP contribution >= 0.6 is 15.2 Å². The van der Waals surface area contributed by atoms with E-state index in [0.29, 0.717) is 0 Å². The topological polar surface area (TPSA) is 217 Å². The number of aromatic nitrogens is 2. The maximum Gasteiger partial charge on any atom is 1.00 e. The first kappa shape index (κ1) is 33.0. The fourth-order valence-corrected chi connectivity index (χ4v) is 4.71. The summed E-state index contributed by atoms with van der Waals surface area (Å²) in [5.74, 6) is -1.76. The molecule has 1 fully saturated rings. The minimum atomic E-state index is -5.39. The van der Waals surface area contributed by atoms with Crippen LogP contribution in [0.4, 0.5) is 0 Å². The van der Waals surface area contributed by atoms with Crippen LogP contribution in [0.15, 0.2) is 15.8 Å². The van der Waals surface area contributed by atoms with Crippen LogP contribution in [0.2, 0.25) is 0 Å². The van der Waals surface area contributed by atoms with E-state index in [-0.39, 0.29) is 94.2 Å². The van der Waals surface area contributed by atoms with Gasteiger partial charge in [0.15, 0.2) is 6.23 Å². The van der Waals surface area contributed by atoms with Crippen molar-refractivity contribution >= 4 is 15.2 Å². The molecule has 5 atom stereocenters. The first-order valence-corrected chi connectivity index (χ1v) is 10.6. The fourth-order valence-electron chi connectivity index (χ4n) is 2.31. The summed E-state index contributed by atoms with van der Waals surface area (Å²) in [4.78, 5) is 57.6. The zero-order valence-electron chi connectivity index (χ0n) is 16.2. The van der Waals surface area contributed by atoms with Crippen LogP contribution in [0.5, 0.6) is 0 Å². The molecule has 2 heterocycles. The Labute approximate surface area is 230 Å². The zero-order valence-corrected chi connectivity index (χ0v) is 24.0. The van der Waals surface area contributed by atoms with Crippen molar-refractivity contribution in [2.45, 2.75) is 31.5 Å². The molecule has 3 N–H and O–H groups in total. The minimum absolute atomic E-state index is 0. The van der Waals surface area contributed by atoms with Crippen molar-refractivity contribution in [2.24, 2.45) is 0 Å². The van der Waals surface area contributed by atoms with E-state index in [1.54, 1.807) is 0 Å². The number of hydrogen-bond donors (Lipinski definition) is 3. The van der Waals surface area contributed by atoms with E-state index in [2.05, 4.69) is 4.52 Å². The summed E-state index contributed by atoms with van der Waals surface area (Å²) in [7, 11) is -10.4. The third-order valence-electron chi connectivity index (χ3n) is 3.54. The second-order valence-corrected chi connectivity index (χ2v) is 9.52. The normalized spacial score (nSPS) is 25.9. The van der Waals surface area contributed by atoms with E-state index in [0.717, 1.165) is 10.8 Å². The summed E-state index contributed by atoms with van der Waals surface area (Å²) in [5, 5.41) is 19.9. The smallest absolute Gasteiger partial charge is 0.810 e. The first-order chi connectivity index (χ1) is 11.8. The summed E-state index contributed by atoms with van der Waals surface area (Å²) in [6.45, 7) is 0.484. The zero-order chi connectivity index (χ0) is 19.9. The summed E-state index contributed by atoms with van der Waals surface area (Å²) < 4.78 is 32.3. The number of aliphatic hydroxyl groups excluding tert-OH is 2. The molecule has 148 valence electrons. The summed E-state index contributed by atoms with van der Waals surface area (Å²) in [6, 6.07) is 0. The first-order valence-electron chi connectivity index (χ1n) is 7.10. The SMILES string of the molecule is Cc1cn([C@@H]2O[C@H](COP(=O)([O-])CP(=O)([O-])[O-])[C@@H](O)[C@H]2O)c(=O)[nH]c1=O.[Na+].[Na+].[Na+]. The third-order valence-corrected chi connectivity index (χ3v) is 6.85. The van der Waals surface area contributed by atoms with Gasteiger partial charge in [-0.2, -0.15) is 0 Å². The quantitative estimate of drug-likeness (QED) is 0.255. The Kier molecular flexibility index (Phi) is 14.7. The molecule has 0 spiro atoms. The Hall–Kier alpha value is 1.86. The van der Waals surface area contributed by atoms with Crippen molar-refractivity contribution in [3.05, 3.63) is 32.6 Å². The summed E-state index contributed by atoms with van der Waals surface area (Å²) in [5.41, 5.74) is -1.49. The van der Waals surface area contributed by atoms with Gasteiger partial charge in [0, 0.05) is 17.7 Å². The van der Waals surface area contributed by atoms with E-state index in [4.69, 9.17) is 4.74 Å². The number of nitrogens with zero attached hydrogens (tertiary/aromatic N) is 1. The predicted octanol–water partition coefficient (Wildman–Crippen LogP) is -13.1. The van der Waals surface area contributed by atoms with E-state index in [1.807, 2.05) is 4.98 Å². The molecule has 29 heavy (non-hydrogen) atoms. The van der Waals surface area contributed by atoms with Crippen LogP contribution < -0.4 is 115 Å². The van der Waals surface area contributed by atoms with Gasteiger partial charge >= 0.3 is 94.4 Å². The largest absolute Gasteiger partial charge is 1.00 e. The van der Waals surface area contributed by atoms with Crippen LogP contribution in [-0.4, -0.2) is 50.6 Å². The Morgan fingerprint density at radius 3 is 2.24 bits per heavy atom. The van der Waals surface area contributed by atoms with Gasteiger partial charge in [0.25, 0.3) is 5.56 Å². The van der Waals surface area contributed by atoms with E-state index in [9.17, 15) is 43.6 Å². The van der Waals surface area contributed by atoms with Gasteiger partial charge in [0.05, 0.1) is 6.61 Å². The Morgan fingerprint density at radius 2 is 1.72 bits per heavy atom. The van der Waals surface area contributed by atoms with Crippen molar-refractivity contribution in [3.8, 4) is 0 Å². The number of ether oxygens (including phenoxy) is 1. The molecule has 2 rings (SSSR count). The van der Waals surface area contributed by atoms with Crippen molar-refractivity contribution in [1.82, 2.24) is 9.55 Å². The van der Waals surface area contributed by atoms with Gasteiger partial charge in [-0.15, -0.1) is 0 Å². The van der Waals surface area contributed by atoms with Crippen LogP contribution in [0.25, 0.3) is 0 Å². The summed E-state index contributed by atoms with van der Waals surface area (Å²) >= 11 is 0. The molecule has 0 saturated carbocycles. The van der Waals surface area contributed by atoms with Gasteiger partial charge in [-0.05, 0) is 6.92 Å². The molecule has 0 radical (unpaired) electrons. The molecule has 1 saturated heterocycles. The van der Waals surface area contributed by atoms with E-state index in [1.165, 1.54) is 6.92 Å². The van der Waals surface area contributed by atoms with Crippen LogP contribution in [0.3, 0.4) is 0 Å². The molecule has 1 aromatic heterocycles. The molecule has 0 bridgehead atoms.